The Morgan fingerprint density at radius 3 is 2.65 bits per heavy atom. The van der Waals surface area contributed by atoms with Gasteiger partial charge in [-0.1, -0.05) is 17.7 Å². The number of sulfonamides is 1. The highest BCUT2D eigenvalue weighted by atomic mass is 35.5. The van der Waals surface area contributed by atoms with Crippen molar-refractivity contribution in [2.45, 2.75) is 13.3 Å². The molecule has 1 aromatic rings. The second-order valence-corrected chi connectivity index (χ2v) is 6.43. The van der Waals surface area contributed by atoms with Gasteiger partial charge < -0.3 is 0 Å². The number of amides is 1. The largest absolute Gasteiger partial charge is 0.268 e. The third kappa shape index (κ3) is 2.30. The van der Waals surface area contributed by atoms with Gasteiger partial charge in [-0.25, -0.2) is 12.7 Å². The number of carbonyl (C=O) groups is 1. The van der Waals surface area contributed by atoms with Crippen LogP contribution in [0.2, 0.25) is 5.02 Å². The van der Waals surface area contributed by atoms with Gasteiger partial charge in [0.25, 0.3) is 5.91 Å². The first-order valence-corrected chi connectivity index (χ1v) is 7.21. The lowest BCUT2D eigenvalue weighted by Gasteiger charge is -2.15. The summed E-state index contributed by atoms with van der Waals surface area (Å²) in [6.07, 6.45) is 0.494. The average molecular weight is 274 g/mol. The zero-order chi connectivity index (χ0) is 12.6. The van der Waals surface area contributed by atoms with Crippen molar-refractivity contribution in [2.24, 2.45) is 0 Å². The molecule has 2 rings (SSSR count). The Balaban J connectivity index is 2.35. The summed E-state index contributed by atoms with van der Waals surface area (Å²) < 4.78 is 24.1. The predicted molar refractivity (Wildman–Crippen MR) is 65.6 cm³/mol. The van der Waals surface area contributed by atoms with Crippen LogP contribution in [-0.4, -0.2) is 30.9 Å². The number of nitrogens with zero attached hydrogens (tertiary/aromatic N) is 1. The maximum absolute atomic E-state index is 12.0. The second-order valence-electron chi connectivity index (χ2n) is 4.01. The lowest BCUT2D eigenvalue weighted by molar-refractivity contribution is 0.0870. The molecule has 0 atom stereocenters. The number of carbonyl (C=O) groups excluding carboxylic acids is 1. The fourth-order valence-corrected chi connectivity index (χ4v) is 3.40. The Morgan fingerprint density at radius 1 is 1.41 bits per heavy atom. The Hall–Kier alpha value is -1.07. The van der Waals surface area contributed by atoms with E-state index in [1.165, 1.54) is 6.07 Å². The molecule has 0 spiro atoms. The van der Waals surface area contributed by atoms with E-state index in [4.69, 9.17) is 11.6 Å². The van der Waals surface area contributed by atoms with Crippen molar-refractivity contribution >= 4 is 27.5 Å². The van der Waals surface area contributed by atoms with E-state index in [0.717, 1.165) is 9.87 Å². The van der Waals surface area contributed by atoms with E-state index in [1.54, 1.807) is 12.1 Å². The highest BCUT2D eigenvalue weighted by molar-refractivity contribution is 7.89. The van der Waals surface area contributed by atoms with E-state index in [9.17, 15) is 13.2 Å². The molecule has 0 saturated carbocycles. The van der Waals surface area contributed by atoms with Gasteiger partial charge in [0, 0.05) is 17.1 Å². The summed E-state index contributed by atoms with van der Waals surface area (Å²) in [6.45, 7) is 2.08. The molecular weight excluding hydrogens is 262 g/mol. The van der Waals surface area contributed by atoms with Crippen LogP contribution in [0.4, 0.5) is 0 Å². The third-order valence-electron chi connectivity index (χ3n) is 2.74. The molecule has 92 valence electrons. The van der Waals surface area contributed by atoms with E-state index in [1.807, 2.05) is 6.92 Å². The zero-order valence-corrected chi connectivity index (χ0v) is 10.9. The van der Waals surface area contributed by atoms with Crippen LogP contribution in [-0.2, 0) is 10.0 Å². The highest BCUT2D eigenvalue weighted by Gasteiger charge is 2.33. The second kappa shape index (κ2) is 4.31. The first kappa shape index (κ1) is 12.4. The van der Waals surface area contributed by atoms with Crippen LogP contribution in [0.5, 0.6) is 0 Å². The van der Waals surface area contributed by atoms with Crippen LogP contribution in [0.3, 0.4) is 0 Å². The van der Waals surface area contributed by atoms with Crippen molar-refractivity contribution in [1.29, 1.82) is 0 Å². The molecule has 1 fully saturated rings. The molecule has 0 bridgehead atoms. The van der Waals surface area contributed by atoms with Gasteiger partial charge in [0.1, 0.15) is 0 Å². The normalized spacial score (nSPS) is 18.4. The monoisotopic (exact) mass is 273 g/mol. The van der Waals surface area contributed by atoms with Crippen molar-refractivity contribution in [3.63, 3.8) is 0 Å². The minimum Gasteiger partial charge on any atom is -0.268 e. The highest BCUT2D eigenvalue weighted by Crippen LogP contribution is 2.21. The molecule has 1 saturated heterocycles. The van der Waals surface area contributed by atoms with Crippen molar-refractivity contribution in [1.82, 2.24) is 4.31 Å². The van der Waals surface area contributed by atoms with Gasteiger partial charge in [0.2, 0.25) is 10.0 Å². The molecule has 1 aliphatic heterocycles. The van der Waals surface area contributed by atoms with Gasteiger partial charge in [-0.15, -0.1) is 0 Å². The number of benzene rings is 1. The van der Waals surface area contributed by atoms with Gasteiger partial charge in [0.15, 0.2) is 0 Å². The number of hydrogen-bond donors (Lipinski definition) is 0. The maximum Gasteiger partial charge on any atom is 0.267 e. The topological polar surface area (TPSA) is 54.5 Å². The minimum atomic E-state index is -3.42. The Kier molecular flexibility index (Phi) is 3.14. The molecular formula is C11H12ClNO3S. The molecule has 0 radical (unpaired) electrons. The molecule has 0 aromatic heterocycles. The fourth-order valence-electron chi connectivity index (χ4n) is 1.74. The molecule has 1 amide bonds. The van der Waals surface area contributed by atoms with Crippen molar-refractivity contribution < 1.29 is 13.2 Å². The molecule has 1 aliphatic rings. The lowest BCUT2D eigenvalue weighted by Crippen LogP contribution is -2.32. The Bertz CT molecular complexity index is 568. The summed E-state index contributed by atoms with van der Waals surface area (Å²) in [7, 11) is -3.42. The smallest absolute Gasteiger partial charge is 0.267 e. The van der Waals surface area contributed by atoms with E-state index in [2.05, 4.69) is 0 Å². The summed E-state index contributed by atoms with van der Waals surface area (Å²) in [5.74, 6) is -0.456. The number of halogens is 1. The molecule has 0 N–H and O–H groups in total. The van der Waals surface area contributed by atoms with Crippen molar-refractivity contribution in [3.05, 3.63) is 34.3 Å². The van der Waals surface area contributed by atoms with Crippen LogP contribution in [0.15, 0.2) is 18.2 Å². The summed E-state index contributed by atoms with van der Waals surface area (Å²) in [4.78, 5) is 12.0. The SMILES string of the molecule is Cc1ccc(C(=O)N2CCCS2(=O)=O)cc1Cl. The number of rotatable bonds is 1. The number of aryl methyl sites for hydroxylation is 1. The van der Waals surface area contributed by atoms with Crippen LogP contribution >= 0.6 is 11.6 Å². The van der Waals surface area contributed by atoms with E-state index >= 15 is 0 Å². The van der Waals surface area contributed by atoms with Crippen LogP contribution in [0.25, 0.3) is 0 Å². The quantitative estimate of drug-likeness (QED) is 0.784. The molecule has 6 heteroatoms. The average Bonchev–Trinajstić information content (AvgIpc) is 2.61. The predicted octanol–water partition coefficient (Wildman–Crippen LogP) is 1.82. The van der Waals surface area contributed by atoms with Gasteiger partial charge in [0.05, 0.1) is 5.75 Å². The zero-order valence-electron chi connectivity index (χ0n) is 9.31. The van der Waals surface area contributed by atoms with E-state index < -0.39 is 15.9 Å². The minimum absolute atomic E-state index is 0.0400. The Labute approximate surface area is 105 Å². The van der Waals surface area contributed by atoms with E-state index in [0.29, 0.717) is 17.0 Å². The Morgan fingerprint density at radius 2 is 2.12 bits per heavy atom. The molecule has 0 unspecified atom stereocenters. The van der Waals surface area contributed by atoms with E-state index in [-0.39, 0.29) is 12.3 Å². The molecule has 17 heavy (non-hydrogen) atoms. The first-order valence-electron chi connectivity index (χ1n) is 5.23. The van der Waals surface area contributed by atoms with Crippen molar-refractivity contribution in [2.75, 3.05) is 12.3 Å². The molecule has 1 heterocycles. The molecule has 1 aromatic carbocycles. The standard InChI is InChI=1S/C11H12ClNO3S/c1-8-3-4-9(7-10(8)12)11(14)13-5-2-6-17(13,15)16/h3-4,7H,2,5-6H2,1H3. The summed E-state index contributed by atoms with van der Waals surface area (Å²) in [6, 6.07) is 4.81. The third-order valence-corrected chi connectivity index (χ3v) is 4.98. The summed E-state index contributed by atoms with van der Waals surface area (Å²) in [5, 5.41) is 0.465. The van der Waals surface area contributed by atoms with Crippen LogP contribution in [0, 0.1) is 6.92 Å². The lowest BCUT2D eigenvalue weighted by atomic mass is 10.1. The first-order chi connectivity index (χ1) is 7.92. The van der Waals surface area contributed by atoms with Gasteiger partial charge >= 0.3 is 0 Å². The molecule has 0 aliphatic carbocycles. The summed E-state index contributed by atoms with van der Waals surface area (Å²) in [5.41, 5.74) is 1.17. The van der Waals surface area contributed by atoms with Crippen molar-refractivity contribution in [3.8, 4) is 0 Å². The number of hydrogen-bond acceptors (Lipinski definition) is 3. The van der Waals surface area contributed by atoms with Gasteiger partial charge in [-0.2, -0.15) is 0 Å². The van der Waals surface area contributed by atoms with Gasteiger partial charge in [-0.3, -0.25) is 4.79 Å². The maximum atomic E-state index is 12.0. The summed E-state index contributed by atoms with van der Waals surface area (Å²) >= 11 is 5.92. The fraction of sp³-hybridized carbons (Fsp3) is 0.364. The van der Waals surface area contributed by atoms with Crippen LogP contribution in [0.1, 0.15) is 22.3 Å². The van der Waals surface area contributed by atoms with Gasteiger partial charge in [-0.05, 0) is 31.0 Å². The van der Waals surface area contributed by atoms with Crippen LogP contribution < -0.4 is 0 Å². The molecule has 4 nitrogen and oxygen atoms in total.